The molecule has 1 aliphatic rings. The van der Waals surface area contributed by atoms with Crippen LogP contribution in [-0.4, -0.2) is 30.1 Å². The fourth-order valence-electron chi connectivity index (χ4n) is 3.06. The van der Waals surface area contributed by atoms with Gasteiger partial charge in [-0.15, -0.1) is 0 Å². The number of halogens is 1. The second kappa shape index (κ2) is 9.89. The summed E-state index contributed by atoms with van der Waals surface area (Å²) in [5.41, 5.74) is 4.32. The zero-order valence-electron chi connectivity index (χ0n) is 16.0. The molecule has 2 aromatic rings. The lowest BCUT2D eigenvalue weighted by Gasteiger charge is -2.17. The van der Waals surface area contributed by atoms with Crippen LogP contribution in [0.25, 0.3) is 0 Å². The Balaban J connectivity index is 1.41. The average molecular weight is 402 g/mol. The fraction of sp³-hybridized carbons (Fsp3) is 0.381. The van der Waals surface area contributed by atoms with Crippen LogP contribution in [-0.2, 0) is 10.8 Å². The number of likely N-dealkylation sites (tertiary alicyclic amines) is 1. The Hall–Kier alpha value is -2.11. The molecule has 1 atom stereocenters. The number of nitrogens with zero attached hydrogens (tertiary/aromatic N) is 2. The van der Waals surface area contributed by atoms with Crippen LogP contribution in [0.2, 0.25) is 0 Å². The minimum absolute atomic E-state index is 0.0189. The van der Waals surface area contributed by atoms with E-state index < -0.39 is 5.82 Å². The van der Waals surface area contributed by atoms with Gasteiger partial charge in [-0.05, 0) is 56.2 Å². The molecule has 1 saturated heterocycles. The van der Waals surface area contributed by atoms with E-state index in [0.717, 1.165) is 43.8 Å². The normalized spacial score (nSPS) is 17.0. The zero-order valence-corrected chi connectivity index (χ0v) is 16.8. The highest BCUT2D eigenvalue weighted by Gasteiger charge is 2.22. The molecule has 0 spiro atoms. The lowest BCUT2D eigenvalue weighted by Crippen LogP contribution is -2.31. The van der Waals surface area contributed by atoms with Crippen molar-refractivity contribution in [3.05, 3.63) is 59.4 Å². The quantitative estimate of drug-likeness (QED) is 0.526. The second-order valence-electron chi connectivity index (χ2n) is 7.07. The van der Waals surface area contributed by atoms with Gasteiger partial charge in [-0.2, -0.15) is 10.7 Å². The van der Waals surface area contributed by atoms with Crippen molar-refractivity contribution < 1.29 is 13.4 Å². The van der Waals surface area contributed by atoms with Crippen LogP contribution in [0.5, 0.6) is 5.75 Å². The molecule has 1 heterocycles. The van der Waals surface area contributed by atoms with E-state index in [0.29, 0.717) is 4.90 Å². The zero-order chi connectivity index (χ0) is 19.9. The highest BCUT2D eigenvalue weighted by Crippen LogP contribution is 2.22. The molecule has 0 aliphatic carbocycles. The predicted octanol–water partition coefficient (Wildman–Crippen LogP) is 4.29. The van der Waals surface area contributed by atoms with E-state index in [1.165, 1.54) is 17.7 Å². The van der Waals surface area contributed by atoms with Crippen molar-refractivity contribution in [2.75, 3.05) is 13.1 Å². The molecule has 1 N–H and O–H groups in total. The monoisotopic (exact) mass is 401 g/mol. The highest BCUT2D eigenvalue weighted by molar-refractivity contribution is 7.94. The fourth-order valence-corrected chi connectivity index (χ4v) is 3.63. The molecule has 7 heteroatoms. The number of hydrogen-bond acceptors (Lipinski definition) is 6. The first-order valence-electron chi connectivity index (χ1n) is 9.30. The van der Waals surface area contributed by atoms with Gasteiger partial charge < -0.3 is 4.74 Å². The summed E-state index contributed by atoms with van der Waals surface area (Å²) < 4.78 is 24.5. The molecular weight excluding hydrogens is 377 g/mol. The van der Waals surface area contributed by atoms with E-state index >= 15 is 0 Å². The molecule has 28 heavy (non-hydrogen) atoms. The number of benzene rings is 2. The Morgan fingerprint density at radius 2 is 2.07 bits per heavy atom. The van der Waals surface area contributed by atoms with Crippen LogP contribution in [0, 0.1) is 17.1 Å². The summed E-state index contributed by atoms with van der Waals surface area (Å²) in [6.45, 7) is 6.80. The first-order chi connectivity index (χ1) is 13.5. The maximum Gasteiger partial charge on any atom is 0.141 e. The van der Waals surface area contributed by atoms with Gasteiger partial charge in [0.1, 0.15) is 17.6 Å². The summed E-state index contributed by atoms with van der Waals surface area (Å²) in [5, 5.41) is 8.88. The number of nitriles is 1. The Morgan fingerprint density at radius 1 is 1.29 bits per heavy atom. The summed E-state index contributed by atoms with van der Waals surface area (Å²) in [6, 6.07) is 14.6. The lowest BCUT2D eigenvalue weighted by molar-refractivity contribution is 0.187. The van der Waals surface area contributed by atoms with Crippen LogP contribution < -0.4 is 10.2 Å². The Bertz CT molecular complexity index is 823. The Kier molecular flexibility index (Phi) is 7.29. The molecule has 1 fully saturated rings. The molecule has 0 radical (unpaired) electrons. The lowest BCUT2D eigenvalue weighted by atomic mass is 10.2. The third-order valence-corrected chi connectivity index (χ3v) is 5.01. The van der Waals surface area contributed by atoms with Gasteiger partial charge in [0.15, 0.2) is 0 Å². The standard InChI is InChI=1S/C21H24FN3O2S/c1-15(2)26-19-5-3-16(4-6-19)13-25-10-9-18(14-25)24-27-28-20-7-8-21(22)17(11-20)12-23/h3-8,11,15,18,24H,9-10,13-14H2,1-2H3. The van der Waals surface area contributed by atoms with Crippen molar-refractivity contribution in [3.8, 4) is 11.8 Å². The van der Waals surface area contributed by atoms with Crippen molar-refractivity contribution in [1.82, 2.24) is 10.4 Å². The van der Waals surface area contributed by atoms with Crippen LogP contribution in [0.15, 0.2) is 47.4 Å². The second-order valence-corrected chi connectivity index (χ2v) is 7.87. The van der Waals surface area contributed by atoms with E-state index in [1.54, 1.807) is 6.07 Å². The minimum Gasteiger partial charge on any atom is -0.491 e. The smallest absolute Gasteiger partial charge is 0.141 e. The number of hydrogen-bond donors (Lipinski definition) is 1. The Morgan fingerprint density at radius 3 is 2.79 bits per heavy atom. The summed E-state index contributed by atoms with van der Waals surface area (Å²) in [4.78, 5) is 3.05. The van der Waals surface area contributed by atoms with Crippen molar-refractivity contribution in [2.24, 2.45) is 0 Å². The van der Waals surface area contributed by atoms with Gasteiger partial charge in [0, 0.05) is 30.6 Å². The van der Waals surface area contributed by atoms with E-state index in [9.17, 15) is 4.39 Å². The average Bonchev–Trinajstić information content (AvgIpc) is 3.11. The third-order valence-electron chi connectivity index (χ3n) is 4.38. The van der Waals surface area contributed by atoms with Gasteiger partial charge in [0.2, 0.25) is 0 Å². The summed E-state index contributed by atoms with van der Waals surface area (Å²) in [7, 11) is 0. The van der Waals surface area contributed by atoms with Gasteiger partial charge >= 0.3 is 0 Å². The summed E-state index contributed by atoms with van der Waals surface area (Å²) in [5.74, 6) is 0.375. The molecule has 0 bridgehead atoms. The molecule has 0 amide bonds. The molecule has 148 valence electrons. The number of rotatable bonds is 8. The van der Waals surface area contributed by atoms with E-state index in [4.69, 9.17) is 14.3 Å². The molecule has 1 unspecified atom stereocenters. The summed E-state index contributed by atoms with van der Waals surface area (Å²) >= 11 is 1.10. The number of nitrogens with one attached hydrogen (secondary N) is 1. The van der Waals surface area contributed by atoms with Crippen molar-refractivity contribution >= 4 is 12.0 Å². The van der Waals surface area contributed by atoms with Crippen LogP contribution in [0.1, 0.15) is 31.4 Å². The van der Waals surface area contributed by atoms with E-state index in [1.807, 2.05) is 32.0 Å². The molecule has 1 aliphatic heterocycles. The first-order valence-corrected chi connectivity index (χ1v) is 10.0. The molecule has 0 saturated carbocycles. The van der Waals surface area contributed by atoms with Crippen molar-refractivity contribution in [3.63, 3.8) is 0 Å². The number of ether oxygens (including phenoxy) is 1. The molecule has 3 rings (SSSR count). The van der Waals surface area contributed by atoms with Gasteiger partial charge in [-0.3, -0.25) is 4.90 Å². The highest BCUT2D eigenvalue weighted by atomic mass is 32.2. The first kappa shape index (κ1) is 20.6. The topological polar surface area (TPSA) is 57.5 Å². The maximum atomic E-state index is 13.3. The van der Waals surface area contributed by atoms with Gasteiger partial charge in [-0.25, -0.2) is 8.67 Å². The van der Waals surface area contributed by atoms with Crippen LogP contribution >= 0.6 is 12.0 Å². The van der Waals surface area contributed by atoms with Gasteiger partial charge in [-0.1, -0.05) is 12.1 Å². The molecular formula is C21H24FN3O2S. The largest absolute Gasteiger partial charge is 0.491 e. The van der Waals surface area contributed by atoms with Crippen molar-refractivity contribution in [1.29, 1.82) is 5.26 Å². The molecule has 0 aromatic heterocycles. The van der Waals surface area contributed by atoms with Crippen molar-refractivity contribution in [2.45, 2.75) is 43.9 Å². The SMILES string of the molecule is CC(C)Oc1ccc(CN2CCC(NOSc3ccc(F)c(C#N)c3)C2)cc1. The van der Waals surface area contributed by atoms with Gasteiger partial charge in [0.25, 0.3) is 0 Å². The summed E-state index contributed by atoms with van der Waals surface area (Å²) in [6.07, 6.45) is 1.16. The third kappa shape index (κ3) is 5.94. The van der Waals surface area contributed by atoms with E-state index in [2.05, 4.69) is 22.5 Å². The van der Waals surface area contributed by atoms with Gasteiger partial charge in [0.05, 0.1) is 23.7 Å². The van der Waals surface area contributed by atoms with Crippen LogP contribution in [0.4, 0.5) is 4.39 Å². The number of hydroxylamine groups is 1. The van der Waals surface area contributed by atoms with Crippen LogP contribution in [0.3, 0.4) is 0 Å². The minimum atomic E-state index is -0.518. The van der Waals surface area contributed by atoms with E-state index in [-0.39, 0.29) is 17.7 Å². The predicted molar refractivity (Wildman–Crippen MR) is 107 cm³/mol. The maximum absolute atomic E-state index is 13.3. The Labute approximate surface area is 169 Å². The molecule has 5 nitrogen and oxygen atoms in total. The molecule has 2 aromatic carbocycles.